The number of nitrogen functional groups attached to an aromatic ring is 1. The summed E-state index contributed by atoms with van der Waals surface area (Å²) in [6.45, 7) is 0. The van der Waals surface area contributed by atoms with E-state index < -0.39 is 15.8 Å². The molecule has 0 aliphatic carbocycles. The molecule has 112 valence electrons. The van der Waals surface area contributed by atoms with Crippen molar-refractivity contribution in [1.82, 2.24) is 0 Å². The number of nitrogens with two attached hydrogens (primary N) is 1. The molecule has 0 aromatic heterocycles. The van der Waals surface area contributed by atoms with Crippen molar-refractivity contribution < 1.29 is 12.8 Å². The van der Waals surface area contributed by atoms with Gasteiger partial charge < -0.3 is 5.73 Å². The van der Waals surface area contributed by atoms with Crippen LogP contribution in [-0.2, 0) is 10.0 Å². The first-order valence-electron chi connectivity index (χ1n) is 5.43. The fourth-order valence-electron chi connectivity index (χ4n) is 1.53. The largest absolute Gasteiger partial charge is 0.396 e. The van der Waals surface area contributed by atoms with Crippen molar-refractivity contribution in [2.45, 2.75) is 4.90 Å². The summed E-state index contributed by atoms with van der Waals surface area (Å²) in [5.41, 5.74) is 5.60. The van der Waals surface area contributed by atoms with Crippen molar-refractivity contribution in [2.24, 2.45) is 0 Å². The normalized spacial score (nSPS) is 11.4. The number of hydrogen-bond acceptors (Lipinski definition) is 3. The van der Waals surface area contributed by atoms with Crippen molar-refractivity contribution in [3.8, 4) is 0 Å². The Morgan fingerprint density at radius 1 is 1.19 bits per heavy atom. The van der Waals surface area contributed by atoms with Gasteiger partial charge in [-0.2, -0.15) is 0 Å². The van der Waals surface area contributed by atoms with Gasteiger partial charge in [-0.1, -0.05) is 23.2 Å². The molecule has 3 N–H and O–H groups in total. The highest BCUT2D eigenvalue weighted by Crippen LogP contribution is 2.34. The van der Waals surface area contributed by atoms with E-state index in [4.69, 9.17) is 28.9 Å². The van der Waals surface area contributed by atoms with Gasteiger partial charge in [-0.3, -0.25) is 4.72 Å². The van der Waals surface area contributed by atoms with E-state index in [0.717, 1.165) is 6.07 Å². The lowest BCUT2D eigenvalue weighted by Gasteiger charge is -2.12. The van der Waals surface area contributed by atoms with E-state index >= 15 is 0 Å². The van der Waals surface area contributed by atoms with Crippen LogP contribution in [0.4, 0.5) is 15.8 Å². The SMILES string of the molecule is Nc1c(Cl)ccc(S(=O)(=O)Nc2cc(F)ccc2Br)c1Cl. The third-order valence-corrected chi connectivity index (χ3v) is 5.50. The minimum absolute atomic E-state index is 0.0413. The molecule has 0 saturated carbocycles. The van der Waals surface area contributed by atoms with Gasteiger partial charge in [0.25, 0.3) is 10.0 Å². The highest BCUT2D eigenvalue weighted by molar-refractivity contribution is 9.10. The number of anilines is 2. The molecule has 0 heterocycles. The Labute approximate surface area is 139 Å². The summed E-state index contributed by atoms with van der Waals surface area (Å²) in [6.07, 6.45) is 0. The fourth-order valence-corrected chi connectivity index (χ4v) is 3.85. The lowest BCUT2D eigenvalue weighted by molar-refractivity contribution is 0.601. The second-order valence-electron chi connectivity index (χ2n) is 4.00. The third-order valence-electron chi connectivity index (χ3n) is 2.55. The van der Waals surface area contributed by atoms with E-state index in [1.54, 1.807) is 0 Å². The van der Waals surface area contributed by atoms with Crippen molar-refractivity contribution >= 4 is 60.5 Å². The second kappa shape index (κ2) is 6.00. The highest BCUT2D eigenvalue weighted by atomic mass is 79.9. The summed E-state index contributed by atoms with van der Waals surface area (Å²) in [5.74, 6) is -0.586. The van der Waals surface area contributed by atoms with Crippen molar-refractivity contribution in [1.29, 1.82) is 0 Å². The fraction of sp³-hybridized carbons (Fsp3) is 0. The molecule has 0 fully saturated rings. The Bertz CT molecular complexity index is 815. The maximum Gasteiger partial charge on any atom is 0.263 e. The number of rotatable bonds is 3. The molecule has 0 radical (unpaired) electrons. The van der Waals surface area contributed by atoms with Crippen molar-refractivity contribution in [2.75, 3.05) is 10.5 Å². The first-order valence-corrected chi connectivity index (χ1v) is 8.47. The molecule has 0 aliphatic heterocycles. The molecule has 0 aliphatic rings. The van der Waals surface area contributed by atoms with Gasteiger partial charge in [0.1, 0.15) is 10.7 Å². The van der Waals surface area contributed by atoms with Crippen LogP contribution < -0.4 is 10.5 Å². The molecule has 0 bridgehead atoms. The zero-order valence-electron chi connectivity index (χ0n) is 10.2. The van der Waals surface area contributed by atoms with E-state index in [1.165, 1.54) is 24.3 Å². The first-order chi connectivity index (χ1) is 9.72. The standard InChI is InChI=1S/C12H8BrCl2FN2O2S/c13-7-2-1-6(16)5-9(7)18-21(19,20)10-4-3-8(14)12(17)11(10)15/h1-5,18H,17H2. The summed E-state index contributed by atoms with van der Waals surface area (Å²) < 4.78 is 40.4. The Morgan fingerprint density at radius 2 is 1.86 bits per heavy atom. The number of nitrogens with one attached hydrogen (secondary N) is 1. The molecule has 0 amide bonds. The molecule has 0 atom stereocenters. The number of halogens is 4. The van der Waals surface area contributed by atoms with Crippen LogP contribution in [0.5, 0.6) is 0 Å². The third kappa shape index (κ3) is 3.42. The van der Waals surface area contributed by atoms with Gasteiger partial charge in [0, 0.05) is 4.47 Å². The van der Waals surface area contributed by atoms with E-state index in [-0.39, 0.29) is 26.3 Å². The molecule has 4 nitrogen and oxygen atoms in total. The van der Waals surface area contributed by atoms with Gasteiger partial charge >= 0.3 is 0 Å². The maximum absolute atomic E-state index is 13.2. The van der Waals surface area contributed by atoms with Gasteiger partial charge in [0.2, 0.25) is 0 Å². The topological polar surface area (TPSA) is 72.2 Å². The molecule has 9 heteroatoms. The minimum Gasteiger partial charge on any atom is -0.396 e. The van der Waals surface area contributed by atoms with Crippen LogP contribution in [-0.4, -0.2) is 8.42 Å². The van der Waals surface area contributed by atoms with E-state index in [2.05, 4.69) is 20.7 Å². The average molecular weight is 414 g/mol. The molecule has 0 saturated heterocycles. The van der Waals surface area contributed by atoms with Crippen LogP contribution in [0.1, 0.15) is 0 Å². The quantitative estimate of drug-likeness (QED) is 0.737. The molecule has 2 aromatic rings. The zero-order valence-corrected chi connectivity index (χ0v) is 14.1. The molecule has 2 rings (SSSR count). The van der Waals surface area contributed by atoms with Crippen LogP contribution in [0.2, 0.25) is 10.0 Å². The lowest BCUT2D eigenvalue weighted by Crippen LogP contribution is -2.14. The Balaban J connectivity index is 2.49. The summed E-state index contributed by atoms with van der Waals surface area (Å²) >= 11 is 14.8. The Morgan fingerprint density at radius 3 is 2.52 bits per heavy atom. The smallest absolute Gasteiger partial charge is 0.263 e. The lowest BCUT2D eigenvalue weighted by atomic mass is 10.3. The number of hydrogen-bond donors (Lipinski definition) is 2. The maximum atomic E-state index is 13.2. The minimum atomic E-state index is -4.04. The number of benzene rings is 2. The summed E-state index contributed by atoms with van der Waals surface area (Å²) in [5, 5.41) is -0.0478. The van der Waals surface area contributed by atoms with E-state index in [1.807, 2.05) is 0 Å². The second-order valence-corrected chi connectivity index (χ2v) is 7.29. The van der Waals surface area contributed by atoms with Crippen LogP contribution >= 0.6 is 39.1 Å². The number of sulfonamides is 1. The molecule has 21 heavy (non-hydrogen) atoms. The molecular formula is C12H8BrCl2FN2O2S. The Hall–Kier alpha value is -1.02. The predicted molar refractivity (Wildman–Crippen MR) is 85.8 cm³/mol. The summed E-state index contributed by atoms with van der Waals surface area (Å²) in [4.78, 5) is -0.248. The van der Waals surface area contributed by atoms with Gasteiger partial charge in [-0.05, 0) is 46.3 Å². The van der Waals surface area contributed by atoms with Gasteiger partial charge in [0.05, 0.1) is 21.4 Å². The highest BCUT2D eigenvalue weighted by Gasteiger charge is 2.22. The van der Waals surface area contributed by atoms with Crippen LogP contribution in [0, 0.1) is 5.82 Å². The van der Waals surface area contributed by atoms with Gasteiger partial charge in [-0.15, -0.1) is 0 Å². The summed E-state index contributed by atoms with van der Waals surface area (Å²) in [6, 6.07) is 6.14. The molecule has 2 aromatic carbocycles. The summed E-state index contributed by atoms with van der Waals surface area (Å²) in [7, 11) is -4.04. The van der Waals surface area contributed by atoms with E-state index in [0.29, 0.717) is 4.47 Å². The molecule has 0 unspecified atom stereocenters. The van der Waals surface area contributed by atoms with Crippen molar-refractivity contribution in [3.63, 3.8) is 0 Å². The van der Waals surface area contributed by atoms with Crippen LogP contribution in [0.3, 0.4) is 0 Å². The van der Waals surface area contributed by atoms with Gasteiger partial charge in [-0.25, -0.2) is 12.8 Å². The van der Waals surface area contributed by atoms with Gasteiger partial charge in [0.15, 0.2) is 0 Å². The average Bonchev–Trinajstić information content (AvgIpc) is 2.39. The Kier molecular flexibility index (Phi) is 4.67. The monoisotopic (exact) mass is 412 g/mol. The van der Waals surface area contributed by atoms with E-state index in [9.17, 15) is 12.8 Å². The molecule has 0 spiro atoms. The van der Waals surface area contributed by atoms with Crippen LogP contribution in [0.25, 0.3) is 0 Å². The van der Waals surface area contributed by atoms with Crippen molar-refractivity contribution in [3.05, 3.63) is 50.7 Å². The molecular weight excluding hydrogens is 406 g/mol. The zero-order chi connectivity index (χ0) is 15.8. The van der Waals surface area contributed by atoms with Crippen LogP contribution in [0.15, 0.2) is 39.7 Å². The first kappa shape index (κ1) is 16.4. The predicted octanol–water partition coefficient (Wildman–Crippen LogP) is 4.28.